The lowest BCUT2D eigenvalue weighted by molar-refractivity contribution is -0.122. The van der Waals surface area contributed by atoms with E-state index in [0.29, 0.717) is 30.1 Å². The van der Waals surface area contributed by atoms with E-state index in [2.05, 4.69) is 15.5 Å². The molecule has 0 fully saturated rings. The van der Waals surface area contributed by atoms with Crippen LogP contribution in [0.25, 0.3) is 0 Å². The standard InChI is InChI=1S/C14H19ClN6O2/c1-9-11(15)7-20(17-9)8-13(22)16-10-3-4-12-18-19(2)14(23)21(12)6-5-10/h7,10H,3-6,8H2,1-2H3,(H,16,22). The number of aromatic nitrogens is 5. The average molecular weight is 339 g/mol. The number of nitrogens with zero attached hydrogens (tertiary/aromatic N) is 5. The molecule has 0 saturated carbocycles. The van der Waals surface area contributed by atoms with Crippen molar-refractivity contribution >= 4 is 17.5 Å². The molecule has 1 unspecified atom stereocenters. The molecule has 3 heterocycles. The number of carbonyl (C=O) groups excluding carboxylic acids is 1. The van der Waals surface area contributed by atoms with Gasteiger partial charge in [-0.1, -0.05) is 11.6 Å². The average Bonchev–Trinajstić information content (AvgIpc) is 2.85. The highest BCUT2D eigenvalue weighted by Gasteiger charge is 2.21. The lowest BCUT2D eigenvalue weighted by Crippen LogP contribution is -2.37. The Morgan fingerprint density at radius 1 is 1.43 bits per heavy atom. The number of hydrogen-bond donors (Lipinski definition) is 1. The third-order valence-electron chi connectivity index (χ3n) is 4.06. The van der Waals surface area contributed by atoms with E-state index in [1.165, 1.54) is 9.36 Å². The number of fused-ring (bicyclic) bond motifs is 1. The number of aryl methyl sites for hydroxylation is 3. The first-order valence-electron chi connectivity index (χ1n) is 7.55. The lowest BCUT2D eigenvalue weighted by atomic mass is 10.1. The van der Waals surface area contributed by atoms with Crippen molar-refractivity contribution in [3.05, 3.63) is 33.2 Å². The molecule has 23 heavy (non-hydrogen) atoms. The molecule has 0 aromatic carbocycles. The second-order valence-electron chi connectivity index (χ2n) is 5.83. The highest BCUT2D eigenvalue weighted by molar-refractivity contribution is 6.31. The summed E-state index contributed by atoms with van der Waals surface area (Å²) in [6, 6.07) is 0.0287. The molecule has 8 nitrogen and oxygen atoms in total. The Kier molecular flexibility index (Phi) is 4.25. The van der Waals surface area contributed by atoms with Gasteiger partial charge in [-0.15, -0.1) is 0 Å². The van der Waals surface area contributed by atoms with E-state index >= 15 is 0 Å². The third-order valence-corrected chi connectivity index (χ3v) is 4.43. The predicted octanol–water partition coefficient (Wildman–Crippen LogP) is 0.261. The zero-order valence-corrected chi connectivity index (χ0v) is 13.9. The molecular formula is C14H19ClN6O2. The van der Waals surface area contributed by atoms with Gasteiger partial charge in [-0.25, -0.2) is 9.48 Å². The van der Waals surface area contributed by atoms with Gasteiger partial charge >= 0.3 is 5.69 Å². The van der Waals surface area contributed by atoms with Gasteiger partial charge < -0.3 is 5.32 Å². The fourth-order valence-corrected chi connectivity index (χ4v) is 2.99. The summed E-state index contributed by atoms with van der Waals surface area (Å²) in [5.41, 5.74) is 0.601. The minimum atomic E-state index is -0.110. The molecule has 2 aromatic rings. The SMILES string of the molecule is Cc1nn(CC(=O)NC2CCc3nn(C)c(=O)n3CC2)cc1Cl. The van der Waals surface area contributed by atoms with E-state index in [9.17, 15) is 9.59 Å². The molecule has 2 aromatic heterocycles. The smallest absolute Gasteiger partial charge is 0.345 e. The van der Waals surface area contributed by atoms with Gasteiger partial charge in [-0.05, 0) is 19.8 Å². The van der Waals surface area contributed by atoms with Crippen molar-refractivity contribution in [2.75, 3.05) is 0 Å². The fraction of sp³-hybridized carbons (Fsp3) is 0.571. The number of rotatable bonds is 3. The molecule has 3 rings (SSSR count). The second-order valence-corrected chi connectivity index (χ2v) is 6.23. The van der Waals surface area contributed by atoms with Crippen LogP contribution >= 0.6 is 11.6 Å². The number of nitrogens with one attached hydrogen (secondary N) is 1. The maximum Gasteiger partial charge on any atom is 0.345 e. The quantitative estimate of drug-likeness (QED) is 0.869. The van der Waals surface area contributed by atoms with Gasteiger partial charge in [-0.2, -0.15) is 10.2 Å². The van der Waals surface area contributed by atoms with Gasteiger partial charge in [0.1, 0.15) is 12.4 Å². The van der Waals surface area contributed by atoms with Crippen LogP contribution in [-0.4, -0.2) is 36.1 Å². The summed E-state index contributed by atoms with van der Waals surface area (Å²) in [7, 11) is 1.65. The van der Waals surface area contributed by atoms with Crippen molar-refractivity contribution < 1.29 is 4.79 Å². The maximum absolute atomic E-state index is 12.1. The Bertz CT molecular complexity index is 770. The van der Waals surface area contributed by atoms with Crippen LogP contribution in [0.15, 0.2) is 11.0 Å². The molecule has 1 amide bonds. The zero-order valence-electron chi connectivity index (χ0n) is 13.1. The van der Waals surface area contributed by atoms with Crippen LogP contribution in [0.3, 0.4) is 0 Å². The van der Waals surface area contributed by atoms with Crippen LogP contribution in [0.5, 0.6) is 0 Å². The van der Waals surface area contributed by atoms with E-state index in [-0.39, 0.29) is 24.2 Å². The summed E-state index contributed by atoms with van der Waals surface area (Å²) in [6.07, 6.45) is 3.79. The minimum Gasteiger partial charge on any atom is -0.352 e. The van der Waals surface area contributed by atoms with Crippen LogP contribution < -0.4 is 11.0 Å². The van der Waals surface area contributed by atoms with Crippen molar-refractivity contribution in [1.29, 1.82) is 0 Å². The van der Waals surface area contributed by atoms with Gasteiger partial charge in [0.15, 0.2) is 0 Å². The van der Waals surface area contributed by atoms with Crippen LogP contribution in [0, 0.1) is 6.92 Å². The van der Waals surface area contributed by atoms with Crippen molar-refractivity contribution in [3.63, 3.8) is 0 Å². The number of halogens is 1. The molecule has 0 saturated heterocycles. The van der Waals surface area contributed by atoms with Crippen molar-refractivity contribution in [3.8, 4) is 0 Å². The molecular weight excluding hydrogens is 320 g/mol. The molecule has 1 aliphatic heterocycles. The molecule has 9 heteroatoms. The third kappa shape index (κ3) is 3.31. The van der Waals surface area contributed by atoms with E-state index in [4.69, 9.17) is 11.6 Å². The predicted molar refractivity (Wildman–Crippen MR) is 84.3 cm³/mol. The highest BCUT2D eigenvalue weighted by Crippen LogP contribution is 2.13. The summed E-state index contributed by atoms with van der Waals surface area (Å²) in [4.78, 5) is 24.1. The molecule has 1 atom stereocenters. The van der Waals surface area contributed by atoms with Crippen molar-refractivity contribution in [2.24, 2.45) is 7.05 Å². The fourth-order valence-electron chi connectivity index (χ4n) is 2.84. The van der Waals surface area contributed by atoms with Crippen LogP contribution in [-0.2, 0) is 31.4 Å². The first-order chi connectivity index (χ1) is 10.9. The van der Waals surface area contributed by atoms with E-state index in [1.54, 1.807) is 24.7 Å². The number of amides is 1. The van der Waals surface area contributed by atoms with Gasteiger partial charge in [0.05, 0.1) is 10.7 Å². The molecule has 0 aliphatic carbocycles. The van der Waals surface area contributed by atoms with E-state index < -0.39 is 0 Å². The molecule has 1 aliphatic rings. The van der Waals surface area contributed by atoms with Gasteiger partial charge in [0.2, 0.25) is 5.91 Å². The first kappa shape index (κ1) is 15.8. The van der Waals surface area contributed by atoms with Gasteiger partial charge in [-0.3, -0.25) is 14.0 Å². The van der Waals surface area contributed by atoms with Gasteiger partial charge in [0.25, 0.3) is 0 Å². The van der Waals surface area contributed by atoms with E-state index in [1.807, 2.05) is 0 Å². The summed E-state index contributed by atoms with van der Waals surface area (Å²) in [6.45, 7) is 2.50. The Morgan fingerprint density at radius 3 is 2.91 bits per heavy atom. The number of carbonyl (C=O) groups is 1. The molecule has 124 valence electrons. The largest absolute Gasteiger partial charge is 0.352 e. The Labute approximate surface area is 138 Å². The molecule has 1 N–H and O–H groups in total. The Balaban J connectivity index is 1.59. The maximum atomic E-state index is 12.1. The summed E-state index contributed by atoms with van der Waals surface area (Å²) >= 11 is 5.94. The highest BCUT2D eigenvalue weighted by atomic mass is 35.5. The topological polar surface area (TPSA) is 86.7 Å². The Morgan fingerprint density at radius 2 is 2.22 bits per heavy atom. The van der Waals surface area contributed by atoms with Gasteiger partial charge in [0, 0.05) is 32.3 Å². The molecule has 0 spiro atoms. The molecule has 0 bridgehead atoms. The van der Waals surface area contributed by atoms with E-state index in [0.717, 1.165) is 12.2 Å². The second kappa shape index (κ2) is 6.19. The number of hydrogen-bond acceptors (Lipinski definition) is 4. The van der Waals surface area contributed by atoms with Crippen molar-refractivity contribution in [1.82, 2.24) is 29.4 Å². The lowest BCUT2D eigenvalue weighted by Gasteiger charge is -2.16. The Hall–Kier alpha value is -2.09. The molecule has 0 radical (unpaired) electrons. The minimum absolute atomic E-state index is 0.0287. The van der Waals surface area contributed by atoms with Crippen LogP contribution in [0.4, 0.5) is 0 Å². The first-order valence-corrected chi connectivity index (χ1v) is 7.93. The zero-order chi connectivity index (χ0) is 16.6. The summed E-state index contributed by atoms with van der Waals surface area (Å²) in [5.74, 6) is 0.672. The normalized spacial score (nSPS) is 17.6. The monoisotopic (exact) mass is 338 g/mol. The van der Waals surface area contributed by atoms with Crippen LogP contribution in [0.2, 0.25) is 5.02 Å². The van der Waals surface area contributed by atoms with Crippen molar-refractivity contribution in [2.45, 2.75) is 45.3 Å². The summed E-state index contributed by atoms with van der Waals surface area (Å²) < 4.78 is 4.57. The summed E-state index contributed by atoms with van der Waals surface area (Å²) in [5, 5.41) is 12.0. The van der Waals surface area contributed by atoms with Crippen LogP contribution in [0.1, 0.15) is 24.4 Å².